The molecule has 1 saturated heterocycles. The van der Waals surface area contributed by atoms with Gasteiger partial charge in [0.05, 0.1) is 32.6 Å². The highest BCUT2D eigenvalue weighted by Crippen LogP contribution is 2.44. The monoisotopic (exact) mass is 461 g/mol. The number of carbonyl (C=O) groups excluding carboxylic acids is 1. The van der Waals surface area contributed by atoms with E-state index in [1.54, 1.807) is 6.92 Å². The molecule has 0 unspecified atom stereocenters. The third-order valence-electron chi connectivity index (χ3n) is 7.26. The summed E-state index contributed by atoms with van der Waals surface area (Å²) < 4.78 is 6.35. The van der Waals surface area contributed by atoms with Crippen LogP contribution in [0.5, 0.6) is 0 Å². The predicted molar refractivity (Wildman–Crippen MR) is 131 cm³/mol. The first-order valence-electron chi connectivity index (χ1n) is 11.8. The number of carboxylic acids is 1. The molecular formula is C28H33N2O4+. The Morgan fingerprint density at radius 2 is 1.76 bits per heavy atom. The van der Waals surface area contributed by atoms with Crippen molar-refractivity contribution in [2.75, 3.05) is 33.8 Å². The Hall–Kier alpha value is -3.30. The summed E-state index contributed by atoms with van der Waals surface area (Å²) in [6.45, 7) is 3.50. The smallest absolute Gasteiger partial charge is 0.407 e. The minimum atomic E-state index is -1.07. The van der Waals surface area contributed by atoms with Crippen LogP contribution in [0.1, 0.15) is 43.2 Å². The molecular weight excluding hydrogens is 428 g/mol. The number of fused-ring (bicyclic) bond motifs is 3. The van der Waals surface area contributed by atoms with Gasteiger partial charge in [0.1, 0.15) is 12.6 Å². The molecule has 34 heavy (non-hydrogen) atoms. The molecule has 1 amide bonds. The number of hydrogen-bond donors (Lipinski definition) is 2. The first-order valence-corrected chi connectivity index (χ1v) is 11.8. The highest BCUT2D eigenvalue weighted by molar-refractivity contribution is 5.82. The molecule has 0 aromatic heterocycles. The number of amides is 1. The van der Waals surface area contributed by atoms with Gasteiger partial charge in [-0.2, -0.15) is 0 Å². The van der Waals surface area contributed by atoms with Crippen LogP contribution in [0.2, 0.25) is 0 Å². The number of rotatable bonds is 6. The third-order valence-corrected chi connectivity index (χ3v) is 7.26. The van der Waals surface area contributed by atoms with Crippen LogP contribution in [0.4, 0.5) is 4.79 Å². The maximum Gasteiger partial charge on any atom is 0.407 e. The molecule has 6 nitrogen and oxygen atoms in total. The van der Waals surface area contributed by atoms with Gasteiger partial charge in [-0.1, -0.05) is 48.5 Å². The summed E-state index contributed by atoms with van der Waals surface area (Å²) in [7, 11) is 4.19. The Morgan fingerprint density at radius 3 is 2.32 bits per heavy atom. The number of benzene rings is 2. The number of likely N-dealkylation sites (tertiary alicyclic amines) is 1. The van der Waals surface area contributed by atoms with Crippen molar-refractivity contribution in [1.29, 1.82) is 0 Å². The fraction of sp³-hybridized carbons (Fsp3) is 0.429. The minimum absolute atomic E-state index is 0.0772. The fourth-order valence-corrected chi connectivity index (χ4v) is 5.85. The van der Waals surface area contributed by atoms with E-state index in [1.165, 1.54) is 0 Å². The van der Waals surface area contributed by atoms with E-state index >= 15 is 0 Å². The van der Waals surface area contributed by atoms with Gasteiger partial charge in [0.2, 0.25) is 0 Å². The van der Waals surface area contributed by atoms with Crippen molar-refractivity contribution in [1.82, 2.24) is 5.32 Å². The zero-order chi connectivity index (χ0) is 24.3. The number of alkyl carbamates (subject to hydrolysis) is 1. The molecule has 2 aliphatic rings. The third kappa shape index (κ3) is 4.67. The van der Waals surface area contributed by atoms with E-state index in [0.717, 1.165) is 35.2 Å². The average molecular weight is 462 g/mol. The maximum atomic E-state index is 12.9. The first kappa shape index (κ1) is 23.8. The number of hydrogen-bond acceptors (Lipinski definition) is 3. The largest absolute Gasteiger partial charge is 0.480 e. The predicted octanol–water partition coefficient (Wildman–Crippen LogP) is 4.25. The van der Waals surface area contributed by atoms with Gasteiger partial charge in [-0.05, 0) is 42.0 Å². The van der Waals surface area contributed by atoms with Crippen molar-refractivity contribution in [3.63, 3.8) is 0 Å². The number of carboxylic acid groups (broad SMARTS) is 1. The van der Waals surface area contributed by atoms with Crippen LogP contribution < -0.4 is 5.32 Å². The Morgan fingerprint density at radius 1 is 1.15 bits per heavy atom. The van der Waals surface area contributed by atoms with Crippen molar-refractivity contribution in [2.24, 2.45) is 5.41 Å². The van der Waals surface area contributed by atoms with E-state index in [1.807, 2.05) is 24.3 Å². The lowest BCUT2D eigenvalue weighted by atomic mass is 9.70. The molecule has 2 aromatic carbocycles. The van der Waals surface area contributed by atoms with Gasteiger partial charge in [0, 0.05) is 12.3 Å². The second-order valence-electron chi connectivity index (χ2n) is 10.1. The lowest BCUT2D eigenvalue weighted by Gasteiger charge is -2.47. The molecule has 2 atom stereocenters. The van der Waals surface area contributed by atoms with Crippen LogP contribution >= 0.6 is 0 Å². The van der Waals surface area contributed by atoms with Crippen LogP contribution in [0, 0.1) is 17.3 Å². The summed E-state index contributed by atoms with van der Waals surface area (Å²) in [4.78, 5) is 25.3. The highest BCUT2D eigenvalue weighted by Gasteiger charge is 2.50. The number of nitrogens with one attached hydrogen (secondary N) is 1. The Labute approximate surface area is 201 Å². The van der Waals surface area contributed by atoms with Gasteiger partial charge in [0.25, 0.3) is 0 Å². The summed E-state index contributed by atoms with van der Waals surface area (Å²) in [5.74, 6) is 4.86. The van der Waals surface area contributed by atoms with E-state index in [-0.39, 0.29) is 12.5 Å². The van der Waals surface area contributed by atoms with E-state index in [2.05, 4.69) is 55.5 Å². The van der Waals surface area contributed by atoms with Crippen LogP contribution in [-0.2, 0) is 9.53 Å². The van der Waals surface area contributed by atoms with Gasteiger partial charge in [-0.3, -0.25) is 0 Å². The number of piperidine rings is 1. The molecule has 1 heterocycles. The van der Waals surface area contributed by atoms with E-state index in [4.69, 9.17) is 4.74 Å². The standard InChI is InChI=1S/C28H32N2O4/c1-4-5-15-28(16-10-17-30(2,3)19-28)25(26(31)32)29-27(33)34-18-24-22-13-8-6-11-20(22)21-12-7-9-14-23(21)24/h6-9,11-14,24-25H,10,15-19H2,1-3H3,(H-,29,31,32,33)/p+1/t25-,28+/m1/s1. The molecule has 0 bridgehead atoms. The van der Waals surface area contributed by atoms with E-state index < -0.39 is 23.5 Å². The average Bonchev–Trinajstić information content (AvgIpc) is 3.13. The Balaban J connectivity index is 1.52. The SMILES string of the molecule is CC#CC[C@]1([C@H](NC(=O)OCC2c3ccccc3-c3ccccc32)C(=O)O)CCC[N+](C)(C)C1. The molecule has 2 aromatic rings. The summed E-state index contributed by atoms with van der Waals surface area (Å²) in [6, 6.07) is 15.2. The molecule has 1 aliphatic carbocycles. The molecule has 4 rings (SSSR count). The number of nitrogens with zero attached hydrogens (tertiary/aromatic N) is 1. The van der Waals surface area contributed by atoms with Crippen molar-refractivity contribution in [3.05, 3.63) is 59.7 Å². The van der Waals surface area contributed by atoms with Crippen molar-refractivity contribution in [3.8, 4) is 23.0 Å². The Kier molecular flexibility index (Phi) is 6.67. The second kappa shape index (κ2) is 9.52. The summed E-state index contributed by atoms with van der Waals surface area (Å²) in [5.41, 5.74) is 3.88. The van der Waals surface area contributed by atoms with Gasteiger partial charge in [-0.25, -0.2) is 9.59 Å². The van der Waals surface area contributed by atoms with Gasteiger partial charge in [0.15, 0.2) is 0 Å². The zero-order valence-corrected chi connectivity index (χ0v) is 20.1. The van der Waals surface area contributed by atoms with Crippen LogP contribution in [-0.4, -0.2) is 61.5 Å². The minimum Gasteiger partial charge on any atom is -0.480 e. The van der Waals surface area contributed by atoms with E-state index in [9.17, 15) is 14.7 Å². The van der Waals surface area contributed by atoms with Gasteiger partial charge in [-0.15, -0.1) is 11.8 Å². The summed E-state index contributed by atoms with van der Waals surface area (Å²) in [6.07, 6.45) is 1.30. The zero-order valence-electron chi connectivity index (χ0n) is 20.1. The lowest BCUT2D eigenvalue weighted by Crippen LogP contribution is -2.62. The van der Waals surface area contributed by atoms with Gasteiger partial charge >= 0.3 is 12.1 Å². The topological polar surface area (TPSA) is 75.6 Å². The van der Waals surface area contributed by atoms with Crippen molar-refractivity contribution >= 4 is 12.1 Å². The summed E-state index contributed by atoms with van der Waals surface area (Å²) >= 11 is 0. The molecule has 6 heteroatoms. The van der Waals surface area contributed by atoms with Crippen LogP contribution in [0.3, 0.4) is 0 Å². The lowest BCUT2D eigenvalue weighted by molar-refractivity contribution is -0.902. The molecule has 1 aliphatic heterocycles. The second-order valence-corrected chi connectivity index (χ2v) is 10.1. The molecule has 0 spiro atoms. The molecule has 1 fully saturated rings. The molecule has 0 radical (unpaired) electrons. The quantitative estimate of drug-likeness (QED) is 0.498. The van der Waals surface area contributed by atoms with Crippen molar-refractivity contribution in [2.45, 2.75) is 38.1 Å². The van der Waals surface area contributed by atoms with E-state index in [0.29, 0.717) is 23.9 Å². The van der Waals surface area contributed by atoms with Crippen LogP contribution in [0.25, 0.3) is 11.1 Å². The summed E-state index contributed by atoms with van der Waals surface area (Å²) in [5, 5.41) is 12.8. The normalized spacial score (nSPS) is 21.4. The number of quaternary nitrogens is 1. The Bertz CT molecular complexity index is 1100. The van der Waals surface area contributed by atoms with Crippen LogP contribution in [0.15, 0.2) is 48.5 Å². The van der Waals surface area contributed by atoms with Crippen molar-refractivity contribution < 1.29 is 23.9 Å². The number of aliphatic carboxylic acids is 1. The maximum absolute atomic E-state index is 12.9. The molecule has 0 saturated carbocycles. The molecule has 2 N–H and O–H groups in total. The number of carbonyl (C=O) groups is 2. The fourth-order valence-electron chi connectivity index (χ4n) is 5.85. The van der Waals surface area contributed by atoms with Gasteiger partial charge < -0.3 is 19.6 Å². The molecule has 178 valence electrons. The highest BCUT2D eigenvalue weighted by atomic mass is 16.5. The number of ether oxygens (including phenoxy) is 1. The first-order chi connectivity index (χ1) is 16.3.